The summed E-state index contributed by atoms with van der Waals surface area (Å²) >= 11 is 0. The maximum absolute atomic E-state index is 5.44. The molecule has 14 heavy (non-hydrogen) atoms. The average Bonchev–Trinajstić information content (AvgIpc) is 2.47. The molecule has 0 spiro atoms. The smallest absolute Gasteiger partial charge is 0.172 e. The second-order valence-electron chi connectivity index (χ2n) is 3.14. The van der Waals surface area contributed by atoms with Crippen molar-refractivity contribution < 1.29 is 0 Å². The molecule has 2 N–H and O–H groups in total. The Labute approximate surface area is 81.6 Å². The van der Waals surface area contributed by atoms with Gasteiger partial charge in [-0.15, -0.1) is 0 Å². The van der Waals surface area contributed by atoms with Crippen molar-refractivity contribution in [3.05, 3.63) is 29.8 Å². The van der Waals surface area contributed by atoms with E-state index in [1.807, 2.05) is 19.9 Å². The van der Waals surface area contributed by atoms with Crippen molar-refractivity contribution in [1.29, 1.82) is 0 Å². The van der Waals surface area contributed by atoms with Gasteiger partial charge in [0.25, 0.3) is 0 Å². The molecule has 0 aliphatic carbocycles. The molecule has 0 saturated carbocycles. The average molecular weight is 189 g/mol. The van der Waals surface area contributed by atoms with Gasteiger partial charge >= 0.3 is 0 Å². The summed E-state index contributed by atoms with van der Waals surface area (Å²) in [6.45, 7) is 3.91. The van der Waals surface area contributed by atoms with E-state index in [0.717, 1.165) is 11.4 Å². The van der Waals surface area contributed by atoms with Crippen molar-refractivity contribution >= 4 is 5.82 Å². The molecule has 72 valence electrons. The molecule has 0 unspecified atom stereocenters. The lowest BCUT2D eigenvalue weighted by Crippen LogP contribution is -2.03. The quantitative estimate of drug-likeness (QED) is 0.722. The molecule has 2 rings (SSSR count). The van der Waals surface area contributed by atoms with Crippen molar-refractivity contribution in [2.75, 3.05) is 5.73 Å². The summed E-state index contributed by atoms with van der Waals surface area (Å²) in [6.07, 6.45) is 3.13. The number of nitrogens with two attached hydrogens (primary N) is 1. The van der Waals surface area contributed by atoms with Gasteiger partial charge in [0.15, 0.2) is 5.82 Å². The van der Waals surface area contributed by atoms with Crippen LogP contribution in [0.15, 0.2) is 18.5 Å². The van der Waals surface area contributed by atoms with Crippen LogP contribution in [0.2, 0.25) is 0 Å². The van der Waals surface area contributed by atoms with Gasteiger partial charge in [0.05, 0.1) is 18.1 Å². The molecule has 0 amide bonds. The second kappa shape index (κ2) is 3.10. The van der Waals surface area contributed by atoms with Gasteiger partial charge in [0.1, 0.15) is 5.82 Å². The van der Waals surface area contributed by atoms with Crippen LogP contribution in [0.1, 0.15) is 11.4 Å². The van der Waals surface area contributed by atoms with E-state index in [1.54, 1.807) is 10.9 Å². The third-order valence-corrected chi connectivity index (χ3v) is 1.88. The first-order valence-electron chi connectivity index (χ1n) is 4.28. The molecule has 0 bridgehead atoms. The maximum atomic E-state index is 5.44. The Bertz CT molecular complexity index is 443. The molecule has 0 aromatic carbocycles. The zero-order valence-electron chi connectivity index (χ0n) is 8.10. The summed E-state index contributed by atoms with van der Waals surface area (Å²) < 4.78 is 1.74. The highest BCUT2D eigenvalue weighted by atomic mass is 15.3. The van der Waals surface area contributed by atoms with E-state index >= 15 is 0 Å². The molecule has 5 heteroatoms. The van der Waals surface area contributed by atoms with E-state index in [4.69, 9.17) is 5.73 Å². The van der Waals surface area contributed by atoms with Gasteiger partial charge < -0.3 is 5.73 Å². The van der Waals surface area contributed by atoms with Crippen LogP contribution in [-0.4, -0.2) is 19.7 Å². The predicted molar refractivity (Wildman–Crippen MR) is 53.0 cm³/mol. The zero-order valence-corrected chi connectivity index (χ0v) is 8.10. The van der Waals surface area contributed by atoms with E-state index in [9.17, 15) is 0 Å². The Balaban J connectivity index is 2.49. The Morgan fingerprint density at radius 2 is 2.00 bits per heavy atom. The monoisotopic (exact) mass is 189 g/mol. The van der Waals surface area contributed by atoms with Gasteiger partial charge in [-0.3, -0.25) is 0 Å². The van der Waals surface area contributed by atoms with Crippen molar-refractivity contribution in [1.82, 2.24) is 19.7 Å². The molecule has 0 atom stereocenters. The number of aromatic nitrogens is 4. The van der Waals surface area contributed by atoms with Gasteiger partial charge in [0.2, 0.25) is 0 Å². The lowest BCUT2D eigenvalue weighted by atomic mass is 10.4. The standard InChI is InChI=1S/C9H11N5/c1-6-3-7(2)14(13-6)9-5-11-8(10)4-12-9/h3-5H,1-2H3,(H2,10,11). The molecule has 2 aromatic heterocycles. The van der Waals surface area contributed by atoms with Gasteiger partial charge in [-0.25, -0.2) is 14.6 Å². The molecule has 0 fully saturated rings. The second-order valence-corrected chi connectivity index (χ2v) is 3.14. The highest BCUT2D eigenvalue weighted by Gasteiger charge is 2.04. The van der Waals surface area contributed by atoms with Crippen LogP contribution in [-0.2, 0) is 0 Å². The van der Waals surface area contributed by atoms with Gasteiger partial charge in [-0.05, 0) is 19.9 Å². The number of hydrogen-bond acceptors (Lipinski definition) is 4. The molecule has 0 saturated heterocycles. The summed E-state index contributed by atoms with van der Waals surface area (Å²) in [7, 11) is 0. The molecule has 0 aliphatic heterocycles. The fourth-order valence-corrected chi connectivity index (χ4v) is 1.30. The Morgan fingerprint density at radius 1 is 1.21 bits per heavy atom. The third-order valence-electron chi connectivity index (χ3n) is 1.88. The number of aryl methyl sites for hydroxylation is 2. The topological polar surface area (TPSA) is 69.6 Å². The molecular weight excluding hydrogens is 178 g/mol. The largest absolute Gasteiger partial charge is 0.382 e. The number of nitrogen functional groups attached to an aromatic ring is 1. The lowest BCUT2D eigenvalue weighted by molar-refractivity contribution is 0.800. The van der Waals surface area contributed by atoms with Crippen LogP contribution >= 0.6 is 0 Å². The number of hydrogen-bond donors (Lipinski definition) is 1. The van der Waals surface area contributed by atoms with Crippen LogP contribution in [0.5, 0.6) is 0 Å². The molecular formula is C9H11N5. The summed E-state index contributed by atoms with van der Waals surface area (Å²) in [5.74, 6) is 1.10. The van der Waals surface area contributed by atoms with Crippen LogP contribution in [0.3, 0.4) is 0 Å². The van der Waals surface area contributed by atoms with E-state index in [2.05, 4.69) is 15.1 Å². The van der Waals surface area contributed by atoms with E-state index < -0.39 is 0 Å². The SMILES string of the molecule is Cc1cc(C)n(-c2cnc(N)cn2)n1. The fraction of sp³-hybridized carbons (Fsp3) is 0.222. The minimum atomic E-state index is 0.412. The molecule has 5 nitrogen and oxygen atoms in total. The predicted octanol–water partition coefficient (Wildman–Crippen LogP) is 0.861. The number of rotatable bonds is 1. The highest BCUT2D eigenvalue weighted by molar-refractivity contribution is 5.29. The van der Waals surface area contributed by atoms with Crippen molar-refractivity contribution in [3.63, 3.8) is 0 Å². The maximum Gasteiger partial charge on any atom is 0.172 e. The normalized spacial score (nSPS) is 10.4. The Hall–Kier alpha value is -1.91. The molecule has 2 aromatic rings. The minimum Gasteiger partial charge on any atom is -0.382 e. The third kappa shape index (κ3) is 1.44. The van der Waals surface area contributed by atoms with E-state index in [1.165, 1.54) is 6.20 Å². The number of anilines is 1. The fourth-order valence-electron chi connectivity index (χ4n) is 1.30. The summed E-state index contributed by atoms with van der Waals surface area (Å²) in [5, 5.41) is 4.28. The lowest BCUT2D eigenvalue weighted by Gasteiger charge is -2.01. The first kappa shape index (κ1) is 8.68. The van der Waals surface area contributed by atoms with Gasteiger partial charge in [0, 0.05) is 5.69 Å². The van der Waals surface area contributed by atoms with Crippen LogP contribution in [0.25, 0.3) is 5.82 Å². The van der Waals surface area contributed by atoms with Crippen LogP contribution in [0, 0.1) is 13.8 Å². The first-order valence-corrected chi connectivity index (χ1v) is 4.28. The van der Waals surface area contributed by atoms with E-state index in [0.29, 0.717) is 11.6 Å². The van der Waals surface area contributed by atoms with E-state index in [-0.39, 0.29) is 0 Å². The van der Waals surface area contributed by atoms with Crippen LogP contribution in [0.4, 0.5) is 5.82 Å². The zero-order chi connectivity index (χ0) is 10.1. The summed E-state index contributed by atoms with van der Waals surface area (Å²) in [4.78, 5) is 8.10. The first-order chi connectivity index (χ1) is 6.66. The molecule has 0 aliphatic rings. The van der Waals surface area contributed by atoms with Gasteiger partial charge in [-0.1, -0.05) is 0 Å². The Kier molecular flexibility index (Phi) is 1.92. The minimum absolute atomic E-state index is 0.412. The van der Waals surface area contributed by atoms with Gasteiger partial charge in [-0.2, -0.15) is 5.10 Å². The number of nitrogens with zero attached hydrogens (tertiary/aromatic N) is 4. The summed E-state index contributed by atoms with van der Waals surface area (Å²) in [6, 6.07) is 1.98. The molecule has 2 heterocycles. The van der Waals surface area contributed by atoms with Crippen molar-refractivity contribution in [2.24, 2.45) is 0 Å². The molecule has 0 radical (unpaired) electrons. The summed E-state index contributed by atoms with van der Waals surface area (Å²) in [5.41, 5.74) is 7.43. The van der Waals surface area contributed by atoms with Crippen LogP contribution < -0.4 is 5.73 Å². The highest BCUT2D eigenvalue weighted by Crippen LogP contribution is 2.08. The Morgan fingerprint density at radius 3 is 2.50 bits per heavy atom. The van der Waals surface area contributed by atoms with Crippen molar-refractivity contribution in [2.45, 2.75) is 13.8 Å². The van der Waals surface area contributed by atoms with Crippen molar-refractivity contribution in [3.8, 4) is 5.82 Å².